The quantitative estimate of drug-likeness (QED) is 0.331. The van der Waals surface area contributed by atoms with E-state index >= 15 is 0 Å². The van der Waals surface area contributed by atoms with Crippen LogP contribution in [0.3, 0.4) is 0 Å². The van der Waals surface area contributed by atoms with Gasteiger partial charge in [-0.25, -0.2) is 0 Å². The normalized spacial score (nSPS) is 17.8. The Labute approximate surface area is 175 Å². The Morgan fingerprint density at radius 1 is 0.931 bits per heavy atom. The molecule has 1 aromatic carbocycles. The summed E-state index contributed by atoms with van der Waals surface area (Å²) in [6.07, 6.45) is 14.0. The zero-order chi connectivity index (χ0) is 20.6. The number of imide groups is 1. The molecule has 0 bridgehead atoms. The molecule has 0 spiro atoms. The Morgan fingerprint density at radius 3 is 2.07 bits per heavy atom. The van der Waals surface area contributed by atoms with Crippen LogP contribution in [0, 0.1) is 11.8 Å². The van der Waals surface area contributed by atoms with Gasteiger partial charge < -0.3 is 0 Å². The van der Waals surface area contributed by atoms with Crippen molar-refractivity contribution >= 4 is 17.6 Å². The molecule has 4 heteroatoms. The van der Waals surface area contributed by atoms with E-state index in [1.165, 1.54) is 37.0 Å². The first-order valence-electron chi connectivity index (χ1n) is 11.5. The van der Waals surface area contributed by atoms with Crippen LogP contribution in [0.25, 0.3) is 0 Å². The van der Waals surface area contributed by atoms with Crippen LogP contribution in [0.1, 0.15) is 105 Å². The predicted octanol–water partition coefficient (Wildman–Crippen LogP) is 5.80. The Kier molecular flexibility index (Phi) is 8.02. The SMILES string of the molecule is CC(=O)C(CCCCCCCCN1C(=O)c2ccccc2C1=O)CC1CCCC1. The summed E-state index contributed by atoms with van der Waals surface area (Å²) in [4.78, 5) is 38.0. The summed E-state index contributed by atoms with van der Waals surface area (Å²) in [5, 5.41) is 0. The van der Waals surface area contributed by atoms with Gasteiger partial charge in [-0.05, 0) is 44.2 Å². The van der Waals surface area contributed by atoms with Crippen molar-refractivity contribution in [1.29, 1.82) is 0 Å². The highest BCUT2D eigenvalue weighted by molar-refractivity contribution is 6.21. The number of fused-ring (bicyclic) bond motifs is 1. The Balaban J connectivity index is 1.26. The number of hydrogen-bond acceptors (Lipinski definition) is 3. The molecule has 0 aromatic heterocycles. The lowest BCUT2D eigenvalue weighted by Gasteiger charge is -2.18. The van der Waals surface area contributed by atoms with Crippen LogP contribution in [0.2, 0.25) is 0 Å². The van der Waals surface area contributed by atoms with Gasteiger partial charge >= 0.3 is 0 Å². The minimum Gasteiger partial charge on any atom is -0.300 e. The van der Waals surface area contributed by atoms with E-state index in [1.54, 1.807) is 31.2 Å². The summed E-state index contributed by atoms with van der Waals surface area (Å²) in [6.45, 7) is 2.28. The molecule has 1 saturated carbocycles. The van der Waals surface area contributed by atoms with Gasteiger partial charge in [0.25, 0.3) is 11.8 Å². The number of nitrogens with zero attached hydrogens (tertiary/aromatic N) is 1. The van der Waals surface area contributed by atoms with Gasteiger partial charge in [-0.15, -0.1) is 0 Å². The van der Waals surface area contributed by atoms with E-state index in [0.29, 0.717) is 23.5 Å². The molecule has 29 heavy (non-hydrogen) atoms. The average Bonchev–Trinajstić information content (AvgIpc) is 3.31. The van der Waals surface area contributed by atoms with Crippen molar-refractivity contribution in [2.75, 3.05) is 6.54 Å². The molecule has 1 aromatic rings. The highest BCUT2D eigenvalue weighted by Crippen LogP contribution is 2.32. The summed E-state index contributed by atoms with van der Waals surface area (Å²) < 4.78 is 0. The van der Waals surface area contributed by atoms with Crippen molar-refractivity contribution in [3.8, 4) is 0 Å². The maximum Gasteiger partial charge on any atom is 0.261 e. The number of rotatable bonds is 12. The van der Waals surface area contributed by atoms with Crippen molar-refractivity contribution in [3.63, 3.8) is 0 Å². The minimum atomic E-state index is -0.150. The monoisotopic (exact) mass is 397 g/mol. The van der Waals surface area contributed by atoms with E-state index in [9.17, 15) is 14.4 Å². The van der Waals surface area contributed by atoms with Gasteiger partial charge in [0.15, 0.2) is 0 Å². The molecule has 158 valence electrons. The summed E-state index contributed by atoms with van der Waals surface area (Å²) in [6, 6.07) is 7.07. The van der Waals surface area contributed by atoms with Crippen molar-refractivity contribution in [2.45, 2.75) is 84.0 Å². The maximum atomic E-state index is 12.3. The van der Waals surface area contributed by atoms with E-state index in [2.05, 4.69) is 0 Å². The molecule has 1 heterocycles. The molecular formula is C25H35NO3. The third kappa shape index (κ3) is 5.77. The zero-order valence-corrected chi connectivity index (χ0v) is 17.8. The molecule has 4 nitrogen and oxygen atoms in total. The van der Waals surface area contributed by atoms with E-state index < -0.39 is 0 Å². The van der Waals surface area contributed by atoms with Crippen LogP contribution in [-0.2, 0) is 4.79 Å². The number of ketones is 1. The number of hydrogen-bond donors (Lipinski definition) is 0. The standard InChI is InChI=1S/C25H35NO3/c1-19(27)21(18-20-12-7-8-13-20)14-6-4-2-3-5-11-17-26-24(28)22-15-9-10-16-23(22)25(26)29/h9-10,15-16,20-21H,2-8,11-14,17-18H2,1H3. The first-order valence-corrected chi connectivity index (χ1v) is 11.5. The number of carbonyl (C=O) groups is 3. The molecule has 2 aliphatic rings. The molecule has 0 N–H and O–H groups in total. The molecule has 0 radical (unpaired) electrons. The van der Waals surface area contributed by atoms with Gasteiger partial charge in [0.1, 0.15) is 5.78 Å². The fourth-order valence-corrected chi connectivity index (χ4v) is 4.95. The fourth-order valence-electron chi connectivity index (χ4n) is 4.95. The molecular weight excluding hydrogens is 362 g/mol. The second kappa shape index (κ2) is 10.7. The zero-order valence-electron chi connectivity index (χ0n) is 17.8. The molecule has 1 unspecified atom stereocenters. The van der Waals surface area contributed by atoms with Crippen LogP contribution in [0.15, 0.2) is 24.3 Å². The van der Waals surface area contributed by atoms with Crippen molar-refractivity contribution < 1.29 is 14.4 Å². The smallest absolute Gasteiger partial charge is 0.261 e. The average molecular weight is 398 g/mol. The fraction of sp³-hybridized carbons (Fsp3) is 0.640. The van der Waals surface area contributed by atoms with Gasteiger partial charge in [0, 0.05) is 12.5 Å². The van der Waals surface area contributed by atoms with Gasteiger partial charge in [0.2, 0.25) is 0 Å². The Morgan fingerprint density at radius 2 is 1.48 bits per heavy atom. The minimum absolute atomic E-state index is 0.150. The maximum absolute atomic E-state index is 12.3. The summed E-state index contributed by atoms with van der Waals surface area (Å²) in [5.41, 5.74) is 1.07. The van der Waals surface area contributed by atoms with Crippen LogP contribution in [-0.4, -0.2) is 29.0 Å². The topological polar surface area (TPSA) is 54.5 Å². The lowest BCUT2D eigenvalue weighted by atomic mass is 9.87. The van der Waals surface area contributed by atoms with Crippen LogP contribution >= 0.6 is 0 Å². The van der Waals surface area contributed by atoms with Crippen molar-refractivity contribution in [3.05, 3.63) is 35.4 Å². The molecule has 1 fully saturated rings. The van der Waals surface area contributed by atoms with E-state index in [1.807, 2.05) is 0 Å². The molecule has 3 rings (SSSR count). The summed E-state index contributed by atoms with van der Waals surface area (Å²) in [7, 11) is 0. The summed E-state index contributed by atoms with van der Waals surface area (Å²) >= 11 is 0. The van der Waals surface area contributed by atoms with Crippen molar-refractivity contribution in [1.82, 2.24) is 4.90 Å². The number of unbranched alkanes of at least 4 members (excludes halogenated alkanes) is 5. The second-order valence-corrected chi connectivity index (χ2v) is 8.91. The third-order valence-corrected chi connectivity index (χ3v) is 6.73. The number of benzene rings is 1. The van der Waals surface area contributed by atoms with Crippen LogP contribution in [0.5, 0.6) is 0 Å². The molecule has 1 atom stereocenters. The number of Topliss-reactive ketones (excluding diaryl/α,β-unsaturated/α-hetero) is 1. The molecule has 2 amide bonds. The van der Waals surface area contributed by atoms with Gasteiger partial charge in [-0.1, -0.05) is 69.9 Å². The van der Waals surface area contributed by atoms with E-state index in [0.717, 1.165) is 50.9 Å². The Hall–Kier alpha value is -1.97. The molecule has 0 saturated heterocycles. The molecule has 1 aliphatic carbocycles. The van der Waals surface area contributed by atoms with Crippen molar-refractivity contribution in [2.24, 2.45) is 11.8 Å². The van der Waals surface area contributed by atoms with E-state index in [-0.39, 0.29) is 17.7 Å². The van der Waals surface area contributed by atoms with Gasteiger partial charge in [0.05, 0.1) is 11.1 Å². The largest absolute Gasteiger partial charge is 0.300 e. The second-order valence-electron chi connectivity index (χ2n) is 8.91. The van der Waals surface area contributed by atoms with Gasteiger partial charge in [-0.2, -0.15) is 0 Å². The first kappa shape index (κ1) is 21.7. The lowest BCUT2D eigenvalue weighted by Crippen LogP contribution is -2.30. The van der Waals surface area contributed by atoms with Crippen LogP contribution in [0.4, 0.5) is 0 Å². The third-order valence-electron chi connectivity index (χ3n) is 6.73. The Bertz CT molecular complexity index is 686. The highest BCUT2D eigenvalue weighted by atomic mass is 16.2. The predicted molar refractivity (Wildman–Crippen MR) is 115 cm³/mol. The lowest BCUT2D eigenvalue weighted by molar-refractivity contribution is -0.121. The highest BCUT2D eigenvalue weighted by Gasteiger charge is 2.34. The van der Waals surface area contributed by atoms with E-state index in [4.69, 9.17) is 0 Å². The van der Waals surface area contributed by atoms with Crippen LogP contribution < -0.4 is 0 Å². The van der Waals surface area contributed by atoms with Gasteiger partial charge in [-0.3, -0.25) is 19.3 Å². The number of amides is 2. The first-order chi connectivity index (χ1) is 14.1. The molecule has 1 aliphatic heterocycles. The number of carbonyl (C=O) groups excluding carboxylic acids is 3. The summed E-state index contributed by atoms with van der Waals surface area (Å²) in [5.74, 6) is 1.13.